The lowest BCUT2D eigenvalue weighted by Gasteiger charge is -2.22. The Morgan fingerprint density at radius 1 is 1.21 bits per heavy atom. The molecule has 82 valence electrons. The van der Waals surface area contributed by atoms with Gasteiger partial charge in [-0.1, -0.05) is 38.3 Å². The largest absolute Gasteiger partial charge is 0.396 e. The number of rotatable bonds is 5. The van der Waals surface area contributed by atoms with E-state index in [1.807, 2.05) is 0 Å². The number of hydrogen-bond acceptors (Lipinski definition) is 2. The molecule has 1 aliphatic carbocycles. The van der Waals surface area contributed by atoms with Crippen LogP contribution >= 0.6 is 0 Å². The summed E-state index contributed by atoms with van der Waals surface area (Å²) in [4.78, 5) is 5.28. The van der Waals surface area contributed by atoms with Gasteiger partial charge in [0.05, 0.1) is 5.71 Å². The molecule has 2 heteroatoms. The van der Waals surface area contributed by atoms with Crippen LogP contribution in [0.4, 0.5) is 0 Å². The van der Waals surface area contributed by atoms with Gasteiger partial charge in [0.1, 0.15) is 6.61 Å². The SMILES string of the molecule is CCCO/N=C(\CC)C1CCCCC1. The van der Waals surface area contributed by atoms with E-state index in [1.165, 1.54) is 37.8 Å². The standard InChI is InChI=1S/C12H23NO/c1-3-10-14-13-12(4-2)11-8-6-5-7-9-11/h11H,3-10H2,1-2H3/b13-12+. The van der Waals surface area contributed by atoms with Crippen LogP contribution in [-0.2, 0) is 4.84 Å². The van der Waals surface area contributed by atoms with Gasteiger partial charge in [0.15, 0.2) is 0 Å². The minimum absolute atomic E-state index is 0.714. The summed E-state index contributed by atoms with van der Waals surface area (Å²) in [6.07, 6.45) is 8.89. The van der Waals surface area contributed by atoms with Crippen LogP contribution in [0.1, 0.15) is 58.8 Å². The Hall–Kier alpha value is -0.530. The highest BCUT2D eigenvalue weighted by Crippen LogP contribution is 2.26. The van der Waals surface area contributed by atoms with Gasteiger partial charge in [0.25, 0.3) is 0 Å². The van der Waals surface area contributed by atoms with Crippen molar-refractivity contribution in [2.24, 2.45) is 11.1 Å². The molecule has 0 unspecified atom stereocenters. The van der Waals surface area contributed by atoms with Crippen molar-refractivity contribution in [3.05, 3.63) is 0 Å². The van der Waals surface area contributed by atoms with Gasteiger partial charge in [-0.15, -0.1) is 0 Å². The topological polar surface area (TPSA) is 21.6 Å². The summed E-state index contributed by atoms with van der Waals surface area (Å²) >= 11 is 0. The van der Waals surface area contributed by atoms with Crippen molar-refractivity contribution in [1.29, 1.82) is 0 Å². The second kappa shape index (κ2) is 6.86. The van der Waals surface area contributed by atoms with Gasteiger partial charge in [0, 0.05) is 5.92 Å². The van der Waals surface area contributed by atoms with E-state index >= 15 is 0 Å². The first-order valence-corrected chi connectivity index (χ1v) is 6.07. The molecule has 0 radical (unpaired) electrons. The Balaban J connectivity index is 2.38. The second-order valence-corrected chi connectivity index (χ2v) is 4.10. The molecule has 0 atom stereocenters. The van der Waals surface area contributed by atoms with E-state index < -0.39 is 0 Å². The summed E-state index contributed by atoms with van der Waals surface area (Å²) < 4.78 is 0. The first kappa shape index (κ1) is 11.5. The van der Waals surface area contributed by atoms with Crippen molar-refractivity contribution < 1.29 is 4.84 Å². The van der Waals surface area contributed by atoms with Crippen molar-refractivity contribution in [2.75, 3.05) is 6.61 Å². The number of nitrogens with zero attached hydrogens (tertiary/aromatic N) is 1. The van der Waals surface area contributed by atoms with E-state index in [0.29, 0.717) is 5.92 Å². The average molecular weight is 197 g/mol. The van der Waals surface area contributed by atoms with Gasteiger partial charge in [-0.3, -0.25) is 0 Å². The molecule has 0 aliphatic heterocycles. The molecule has 0 aromatic carbocycles. The van der Waals surface area contributed by atoms with Crippen LogP contribution in [0.25, 0.3) is 0 Å². The van der Waals surface area contributed by atoms with Crippen LogP contribution < -0.4 is 0 Å². The van der Waals surface area contributed by atoms with Gasteiger partial charge in [-0.25, -0.2) is 0 Å². The van der Waals surface area contributed by atoms with Crippen molar-refractivity contribution in [1.82, 2.24) is 0 Å². The molecule has 0 saturated heterocycles. The normalized spacial score (nSPS) is 19.7. The van der Waals surface area contributed by atoms with Crippen LogP contribution in [-0.4, -0.2) is 12.3 Å². The summed E-state index contributed by atoms with van der Waals surface area (Å²) in [5, 5.41) is 4.27. The molecule has 0 bridgehead atoms. The monoisotopic (exact) mass is 197 g/mol. The Morgan fingerprint density at radius 2 is 1.93 bits per heavy atom. The fourth-order valence-electron chi connectivity index (χ4n) is 2.08. The third-order valence-corrected chi connectivity index (χ3v) is 2.92. The smallest absolute Gasteiger partial charge is 0.116 e. The number of hydrogen-bond donors (Lipinski definition) is 0. The highest BCUT2D eigenvalue weighted by Gasteiger charge is 2.18. The zero-order valence-electron chi connectivity index (χ0n) is 9.59. The maximum absolute atomic E-state index is 5.28. The van der Waals surface area contributed by atoms with Gasteiger partial charge < -0.3 is 4.84 Å². The number of oxime groups is 1. The zero-order chi connectivity index (χ0) is 10.2. The third-order valence-electron chi connectivity index (χ3n) is 2.92. The van der Waals surface area contributed by atoms with E-state index in [4.69, 9.17) is 4.84 Å². The third kappa shape index (κ3) is 3.69. The highest BCUT2D eigenvalue weighted by atomic mass is 16.6. The molecule has 1 rings (SSSR count). The molecule has 1 saturated carbocycles. The van der Waals surface area contributed by atoms with Crippen molar-refractivity contribution in [3.8, 4) is 0 Å². The maximum Gasteiger partial charge on any atom is 0.116 e. The molecular weight excluding hydrogens is 174 g/mol. The van der Waals surface area contributed by atoms with E-state index in [0.717, 1.165) is 19.4 Å². The van der Waals surface area contributed by atoms with E-state index in [-0.39, 0.29) is 0 Å². The van der Waals surface area contributed by atoms with E-state index in [1.54, 1.807) is 0 Å². The van der Waals surface area contributed by atoms with Crippen LogP contribution in [0.2, 0.25) is 0 Å². The van der Waals surface area contributed by atoms with Crippen LogP contribution in [0.3, 0.4) is 0 Å². The van der Waals surface area contributed by atoms with Crippen LogP contribution in [0.15, 0.2) is 5.16 Å². The molecule has 0 amide bonds. The van der Waals surface area contributed by atoms with Gasteiger partial charge in [-0.2, -0.15) is 0 Å². The van der Waals surface area contributed by atoms with Gasteiger partial charge >= 0.3 is 0 Å². The zero-order valence-corrected chi connectivity index (χ0v) is 9.59. The summed E-state index contributed by atoms with van der Waals surface area (Å²) in [5.41, 5.74) is 1.29. The molecule has 1 aliphatic rings. The Morgan fingerprint density at radius 3 is 2.50 bits per heavy atom. The van der Waals surface area contributed by atoms with E-state index in [2.05, 4.69) is 19.0 Å². The molecule has 2 nitrogen and oxygen atoms in total. The minimum atomic E-state index is 0.714. The lowest BCUT2D eigenvalue weighted by atomic mass is 9.85. The quantitative estimate of drug-likeness (QED) is 0.373. The summed E-state index contributed by atoms with van der Waals surface area (Å²) in [7, 11) is 0. The predicted octanol–water partition coefficient (Wildman–Crippen LogP) is 3.76. The fourth-order valence-corrected chi connectivity index (χ4v) is 2.08. The van der Waals surface area contributed by atoms with Crippen molar-refractivity contribution >= 4 is 5.71 Å². The van der Waals surface area contributed by atoms with Crippen LogP contribution in [0.5, 0.6) is 0 Å². The van der Waals surface area contributed by atoms with Crippen LogP contribution in [0, 0.1) is 5.92 Å². The molecular formula is C12H23NO. The Kier molecular flexibility index (Phi) is 5.65. The first-order valence-electron chi connectivity index (χ1n) is 6.07. The molecule has 0 heterocycles. The molecule has 0 N–H and O–H groups in total. The average Bonchev–Trinajstić information content (AvgIpc) is 2.26. The molecule has 0 aromatic rings. The van der Waals surface area contributed by atoms with Crippen molar-refractivity contribution in [2.45, 2.75) is 58.8 Å². The minimum Gasteiger partial charge on any atom is -0.396 e. The summed E-state index contributed by atoms with van der Waals surface area (Å²) in [5.74, 6) is 0.714. The molecule has 14 heavy (non-hydrogen) atoms. The first-order chi connectivity index (χ1) is 6.88. The van der Waals surface area contributed by atoms with Crippen molar-refractivity contribution in [3.63, 3.8) is 0 Å². The second-order valence-electron chi connectivity index (χ2n) is 4.10. The predicted molar refractivity (Wildman–Crippen MR) is 60.5 cm³/mol. The molecule has 0 spiro atoms. The van der Waals surface area contributed by atoms with E-state index in [9.17, 15) is 0 Å². The highest BCUT2D eigenvalue weighted by molar-refractivity contribution is 5.86. The van der Waals surface area contributed by atoms with Gasteiger partial charge in [-0.05, 0) is 25.7 Å². The van der Waals surface area contributed by atoms with Gasteiger partial charge in [0.2, 0.25) is 0 Å². The lowest BCUT2D eigenvalue weighted by Crippen LogP contribution is -2.17. The molecule has 0 aromatic heterocycles. The fraction of sp³-hybridized carbons (Fsp3) is 0.917. The summed E-state index contributed by atoms with van der Waals surface area (Å²) in [6, 6.07) is 0. The lowest BCUT2D eigenvalue weighted by molar-refractivity contribution is 0.142. The summed E-state index contributed by atoms with van der Waals surface area (Å²) in [6.45, 7) is 5.06. The Labute approximate surface area is 87.7 Å². The maximum atomic E-state index is 5.28. The Bertz CT molecular complexity index is 171. The molecule has 1 fully saturated rings.